The highest BCUT2D eigenvalue weighted by Crippen LogP contribution is 2.58. The second-order valence-electron chi connectivity index (χ2n) is 7.89. The van der Waals surface area contributed by atoms with Crippen LogP contribution in [0.15, 0.2) is 89.4 Å². The van der Waals surface area contributed by atoms with Crippen molar-refractivity contribution in [1.29, 1.82) is 0 Å². The fraction of sp³-hybridized carbons (Fsp3) is 0.240. The van der Waals surface area contributed by atoms with Gasteiger partial charge in [0.05, 0.1) is 31.1 Å². The van der Waals surface area contributed by atoms with Crippen molar-refractivity contribution >= 4 is 11.7 Å². The summed E-state index contributed by atoms with van der Waals surface area (Å²) in [6, 6.07) is 20.9. The molecule has 3 aromatic rings. The SMILES string of the molecule is COC(=O)/C=C1\Nc2ccccc2C12CCN(Cc1ccccc1)C2c1ccoc1. The lowest BCUT2D eigenvalue weighted by Crippen LogP contribution is -2.36. The van der Waals surface area contributed by atoms with Crippen LogP contribution in [-0.2, 0) is 21.5 Å². The third kappa shape index (κ3) is 2.94. The summed E-state index contributed by atoms with van der Waals surface area (Å²) in [5.74, 6) is -0.350. The van der Waals surface area contributed by atoms with Crippen molar-refractivity contribution in [2.24, 2.45) is 0 Å². The highest BCUT2D eigenvalue weighted by molar-refractivity contribution is 5.86. The van der Waals surface area contributed by atoms with Crippen LogP contribution in [0.25, 0.3) is 0 Å². The molecule has 152 valence electrons. The summed E-state index contributed by atoms with van der Waals surface area (Å²) in [7, 11) is 1.41. The van der Waals surface area contributed by atoms with Crippen molar-refractivity contribution in [3.63, 3.8) is 0 Å². The van der Waals surface area contributed by atoms with Crippen LogP contribution in [0.3, 0.4) is 0 Å². The van der Waals surface area contributed by atoms with E-state index in [-0.39, 0.29) is 17.4 Å². The Bertz CT molecular complexity index is 1070. The first-order chi connectivity index (χ1) is 14.7. The number of carbonyl (C=O) groups is 1. The predicted octanol–water partition coefficient (Wildman–Crippen LogP) is 4.65. The molecule has 0 amide bonds. The quantitative estimate of drug-likeness (QED) is 0.510. The Kier molecular flexibility index (Phi) is 4.68. The summed E-state index contributed by atoms with van der Waals surface area (Å²) in [5.41, 5.74) is 5.14. The van der Waals surface area contributed by atoms with Crippen LogP contribution in [-0.4, -0.2) is 24.5 Å². The van der Waals surface area contributed by atoms with E-state index in [1.165, 1.54) is 18.2 Å². The minimum Gasteiger partial charge on any atom is -0.472 e. The number of likely N-dealkylation sites (tertiary alicyclic amines) is 1. The number of carbonyl (C=O) groups excluding carboxylic acids is 1. The Morgan fingerprint density at radius 2 is 2.00 bits per heavy atom. The van der Waals surface area contributed by atoms with Crippen molar-refractivity contribution in [3.8, 4) is 0 Å². The number of fused-ring (bicyclic) bond motifs is 2. The molecule has 0 radical (unpaired) electrons. The normalized spacial score (nSPS) is 24.2. The Morgan fingerprint density at radius 3 is 2.77 bits per heavy atom. The molecule has 1 spiro atoms. The van der Waals surface area contributed by atoms with Gasteiger partial charge in [0.25, 0.3) is 0 Å². The molecule has 1 N–H and O–H groups in total. The van der Waals surface area contributed by atoms with Crippen molar-refractivity contribution in [1.82, 2.24) is 4.90 Å². The number of para-hydroxylation sites is 1. The lowest BCUT2D eigenvalue weighted by Gasteiger charge is -2.36. The lowest BCUT2D eigenvalue weighted by molar-refractivity contribution is -0.134. The molecule has 5 rings (SSSR count). The van der Waals surface area contributed by atoms with Gasteiger partial charge in [-0.3, -0.25) is 4.90 Å². The third-order valence-corrected chi connectivity index (χ3v) is 6.33. The van der Waals surface area contributed by atoms with E-state index in [2.05, 4.69) is 52.7 Å². The monoisotopic (exact) mass is 400 g/mol. The van der Waals surface area contributed by atoms with Gasteiger partial charge in [-0.1, -0.05) is 48.5 Å². The Hall–Kier alpha value is -3.31. The number of ether oxygens (including phenoxy) is 1. The number of anilines is 1. The number of rotatable bonds is 4. The molecule has 5 nitrogen and oxygen atoms in total. The molecule has 2 aliphatic rings. The van der Waals surface area contributed by atoms with E-state index in [0.29, 0.717) is 0 Å². The van der Waals surface area contributed by atoms with Gasteiger partial charge in [-0.2, -0.15) is 0 Å². The van der Waals surface area contributed by atoms with Gasteiger partial charge >= 0.3 is 5.97 Å². The van der Waals surface area contributed by atoms with Crippen LogP contribution < -0.4 is 5.32 Å². The van der Waals surface area contributed by atoms with Crippen LogP contribution in [0.4, 0.5) is 5.69 Å². The molecule has 2 unspecified atom stereocenters. The van der Waals surface area contributed by atoms with Crippen molar-refractivity contribution in [2.45, 2.75) is 24.4 Å². The molecular weight excluding hydrogens is 376 g/mol. The van der Waals surface area contributed by atoms with E-state index in [0.717, 1.165) is 36.5 Å². The van der Waals surface area contributed by atoms with E-state index in [9.17, 15) is 4.79 Å². The van der Waals surface area contributed by atoms with Gasteiger partial charge in [0, 0.05) is 36.1 Å². The minimum absolute atomic E-state index is 0.0310. The second kappa shape index (κ2) is 7.50. The van der Waals surface area contributed by atoms with Crippen molar-refractivity contribution < 1.29 is 13.9 Å². The van der Waals surface area contributed by atoms with E-state index in [1.807, 2.05) is 24.5 Å². The van der Waals surface area contributed by atoms with Gasteiger partial charge in [-0.05, 0) is 29.7 Å². The average molecular weight is 400 g/mol. The first-order valence-corrected chi connectivity index (χ1v) is 10.2. The number of hydrogen-bond donors (Lipinski definition) is 1. The van der Waals surface area contributed by atoms with Crippen LogP contribution in [0, 0.1) is 0 Å². The molecule has 2 atom stereocenters. The van der Waals surface area contributed by atoms with E-state index in [4.69, 9.17) is 9.15 Å². The number of esters is 1. The molecule has 1 fully saturated rings. The number of nitrogens with one attached hydrogen (secondary N) is 1. The summed E-state index contributed by atoms with van der Waals surface area (Å²) in [5, 5.41) is 3.51. The lowest BCUT2D eigenvalue weighted by atomic mass is 9.71. The van der Waals surface area contributed by atoms with Gasteiger partial charge < -0.3 is 14.5 Å². The van der Waals surface area contributed by atoms with E-state index in [1.54, 1.807) is 12.3 Å². The fourth-order valence-corrected chi connectivity index (χ4v) is 5.10. The zero-order chi connectivity index (χ0) is 20.6. The van der Waals surface area contributed by atoms with Gasteiger partial charge in [0.15, 0.2) is 0 Å². The van der Waals surface area contributed by atoms with Gasteiger partial charge in [0.1, 0.15) is 0 Å². The van der Waals surface area contributed by atoms with E-state index >= 15 is 0 Å². The Morgan fingerprint density at radius 1 is 1.20 bits per heavy atom. The topological polar surface area (TPSA) is 54.7 Å². The first-order valence-electron chi connectivity index (χ1n) is 10.2. The number of methoxy groups -OCH3 is 1. The molecule has 5 heteroatoms. The molecule has 2 aromatic carbocycles. The highest BCUT2D eigenvalue weighted by Gasteiger charge is 2.55. The number of hydrogen-bond acceptors (Lipinski definition) is 5. The second-order valence-corrected chi connectivity index (χ2v) is 7.89. The summed E-state index contributed by atoms with van der Waals surface area (Å²) < 4.78 is 10.5. The summed E-state index contributed by atoms with van der Waals surface area (Å²) in [4.78, 5) is 14.7. The fourth-order valence-electron chi connectivity index (χ4n) is 5.10. The maximum atomic E-state index is 12.3. The van der Waals surface area contributed by atoms with Crippen LogP contribution >= 0.6 is 0 Å². The van der Waals surface area contributed by atoms with E-state index < -0.39 is 0 Å². The molecule has 0 aliphatic carbocycles. The minimum atomic E-state index is -0.372. The van der Waals surface area contributed by atoms with Crippen LogP contribution in [0.2, 0.25) is 0 Å². The number of furan rings is 1. The molecule has 1 saturated heterocycles. The molecular formula is C25H24N2O3. The highest BCUT2D eigenvalue weighted by atomic mass is 16.5. The van der Waals surface area contributed by atoms with Crippen LogP contribution in [0.5, 0.6) is 0 Å². The summed E-state index contributed by atoms with van der Waals surface area (Å²) >= 11 is 0. The first kappa shape index (κ1) is 18.7. The molecule has 0 bridgehead atoms. The summed E-state index contributed by atoms with van der Waals surface area (Å²) in [6.45, 7) is 1.73. The maximum Gasteiger partial charge on any atom is 0.332 e. The molecule has 30 heavy (non-hydrogen) atoms. The largest absolute Gasteiger partial charge is 0.472 e. The molecule has 1 aromatic heterocycles. The average Bonchev–Trinajstić information content (AvgIpc) is 3.49. The Balaban J connectivity index is 1.65. The molecule has 2 aliphatic heterocycles. The summed E-state index contributed by atoms with van der Waals surface area (Å²) in [6.07, 6.45) is 6.05. The van der Waals surface area contributed by atoms with Gasteiger partial charge in [-0.25, -0.2) is 4.79 Å². The molecule has 0 saturated carbocycles. The van der Waals surface area contributed by atoms with Crippen molar-refractivity contribution in [3.05, 3.63) is 102 Å². The van der Waals surface area contributed by atoms with Crippen molar-refractivity contribution in [2.75, 3.05) is 19.0 Å². The smallest absolute Gasteiger partial charge is 0.332 e. The predicted molar refractivity (Wildman–Crippen MR) is 115 cm³/mol. The number of nitrogens with zero attached hydrogens (tertiary/aromatic N) is 1. The zero-order valence-electron chi connectivity index (χ0n) is 16.9. The number of benzene rings is 2. The van der Waals surface area contributed by atoms with Gasteiger partial charge in [0.2, 0.25) is 0 Å². The van der Waals surface area contributed by atoms with Crippen LogP contribution in [0.1, 0.15) is 29.2 Å². The standard InChI is InChI=1S/C25H24N2O3/c1-29-23(28)15-22-25(20-9-5-6-10-21(20)26-22)12-13-27(16-18-7-3-2-4-8-18)24(25)19-11-14-30-17-19/h2-11,14-15,17,24,26H,12-13,16H2,1H3/b22-15-. The zero-order valence-corrected chi connectivity index (χ0v) is 16.9. The third-order valence-electron chi connectivity index (χ3n) is 6.33. The maximum absolute atomic E-state index is 12.3. The van der Waals surface area contributed by atoms with Gasteiger partial charge in [-0.15, -0.1) is 0 Å². The Labute approximate surface area is 176 Å². The molecule has 3 heterocycles.